The third kappa shape index (κ3) is 4.00. The summed E-state index contributed by atoms with van der Waals surface area (Å²) in [5, 5.41) is 10.6. The minimum Gasteiger partial charge on any atom is -0.497 e. The van der Waals surface area contributed by atoms with Gasteiger partial charge in [-0.1, -0.05) is 35.9 Å². The molecule has 0 aliphatic carbocycles. The molecule has 0 atom stereocenters. The zero-order chi connectivity index (χ0) is 17.8. The Morgan fingerprint density at radius 1 is 1.16 bits per heavy atom. The van der Waals surface area contributed by atoms with Gasteiger partial charge in [0.25, 0.3) is 0 Å². The number of methoxy groups -OCH3 is 1. The Labute approximate surface area is 150 Å². The predicted molar refractivity (Wildman–Crippen MR) is 97.5 cm³/mol. The largest absolute Gasteiger partial charge is 0.497 e. The number of ether oxygens (including phenoxy) is 1. The highest BCUT2D eigenvalue weighted by molar-refractivity contribution is 6.30. The second-order valence-corrected chi connectivity index (χ2v) is 5.87. The summed E-state index contributed by atoms with van der Waals surface area (Å²) in [6, 6.07) is 14.7. The summed E-state index contributed by atoms with van der Waals surface area (Å²) in [6.45, 7) is 2.27. The SMILES string of the molecule is COc1ccc(CN=C(C)c2nc(-c3ccc(Cl)cc3)c(O)o2)cc1. The van der Waals surface area contributed by atoms with Gasteiger partial charge >= 0.3 is 5.95 Å². The zero-order valence-corrected chi connectivity index (χ0v) is 14.6. The van der Waals surface area contributed by atoms with Crippen molar-refractivity contribution in [3.63, 3.8) is 0 Å². The van der Waals surface area contributed by atoms with Crippen LogP contribution in [0.4, 0.5) is 0 Å². The summed E-state index contributed by atoms with van der Waals surface area (Å²) in [6.07, 6.45) is 0. The van der Waals surface area contributed by atoms with Crippen molar-refractivity contribution in [3.8, 4) is 23.0 Å². The highest BCUT2D eigenvalue weighted by Crippen LogP contribution is 2.30. The van der Waals surface area contributed by atoms with E-state index in [4.69, 9.17) is 20.8 Å². The molecule has 0 bridgehead atoms. The lowest BCUT2D eigenvalue weighted by Crippen LogP contribution is -1.96. The summed E-state index contributed by atoms with van der Waals surface area (Å²) in [7, 11) is 1.63. The molecule has 0 aliphatic heterocycles. The van der Waals surface area contributed by atoms with Crippen molar-refractivity contribution in [2.45, 2.75) is 13.5 Å². The average Bonchev–Trinajstić information content (AvgIpc) is 3.02. The van der Waals surface area contributed by atoms with Crippen molar-refractivity contribution in [1.29, 1.82) is 0 Å². The molecule has 3 rings (SSSR count). The van der Waals surface area contributed by atoms with Crippen LogP contribution in [0.1, 0.15) is 18.4 Å². The molecule has 0 aliphatic rings. The van der Waals surface area contributed by atoms with Crippen LogP contribution in [0.3, 0.4) is 0 Å². The van der Waals surface area contributed by atoms with Crippen LogP contribution in [0.25, 0.3) is 11.3 Å². The van der Waals surface area contributed by atoms with Crippen LogP contribution in [0.5, 0.6) is 11.7 Å². The molecular formula is C19H17ClN2O3. The fourth-order valence-corrected chi connectivity index (χ4v) is 2.40. The Morgan fingerprint density at radius 2 is 1.84 bits per heavy atom. The monoisotopic (exact) mass is 356 g/mol. The number of rotatable bonds is 5. The first kappa shape index (κ1) is 17.0. The Bertz CT molecular complexity index is 884. The topological polar surface area (TPSA) is 67.9 Å². The Balaban J connectivity index is 1.78. The van der Waals surface area contributed by atoms with Gasteiger partial charge in [-0.2, -0.15) is 0 Å². The van der Waals surface area contributed by atoms with Crippen LogP contribution in [-0.2, 0) is 6.54 Å². The number of nitrogens with zero attached hydrogens (tertiary/aromatic N) is 2. The molecule has 2 aromatic carbocycles. The van der Waals surface area contributed by atoms with Gasteiger partial charge in [0.1, 0.15) is 5.75 Å². The molecule has 6 heteroatoms. The molecule has 0 fully saturated rings. The summed E-state index contributed by atoms with van der Waals surface area (Å²) in [5.74, 6) is 0.849. The van der Waals surface area contributed by atoms with E-state index >= 15 is 0 Å². The molecule has 0 unspecified atom stereocenters. The average molecular weight is 357 g/mol. The lowest BCUT2D eigenvalue weighted by Gasteiger charge is -2.01. The summed E-state index contributed by atoms with van der Waals surface area (Å²) < 4.78 is 10.5. The highest BCUT2D eigenvalue weighted by Gasteiger charge is 2.16. The van der Waals surface area contributed by atoms with Gasteiger partial charge in [-0.3, -0.25) is 4.99 Å². The first-order valence-corrected chi connectivity index (χ1v) is 8.04. The van der Waals surface area contributed by atoms with Crippen molar-refractivity contribution in [3.05, 3.63) is 65.0 Å². The van der Waals surface area contributed by atoms with E-state index in [1.54, 1.807) is 38.3 Å². The molecule has 0 radical (unpaired) electrons. The predicted octanol–water partition coefficient (Wildman–Crippen LogP) is 4.72. The molecule has 1 heterocycles. The van der Waals surface area contributed by atoms with Gasteiger partial charge in [0.05, 0.1) is 19.4 Å². The van der Waals surface area contributed by atoms with Crippen LogP contribution in [0, 0.1) is 0 Å². The zero-order valence-electron chi connectivity index (χ0n) is 13.9. The van der Waals surface area contributed by atoms with E-state index in [1.807, 2.05) is 24.3 Å². The smallest absolute Gasteiger partial charge is 0.311 e. The van der Waals surface area contributed by atoms with E-state index in [1.165, 1.54) is 0 Å². The van der Waals surface area contributed by atoms with Gasteiger partial charge in [0.15, 0.2) is 5.69 Å². The van der Waals surface area contributed by atoms with Crippen molar-refractivity contribution in [2.75, 3.05) is 7.11 Å². The van der Waals surface area contributed by atoms with E-state index < -0.39 is 0 Å². The van der Waals surface area contributed by atoms with Crippen LogP contribution >= 0.6 is 11.6 Å². The lowest BCUT2D eigenvalue weighted by atomic mass is 10.2. The third-order valence-electron chi connectivity index (χ3n) is 3.69. The van der Waals surface area contributed by atoms with Crippen molar-refractivity contribution in [2.24, 2.45) is 4.99 Å². The third-order valence-corrected chi connectivity index (χ3v) is 3.95. The van der Waals surface area contributed by atoms with E-state index in [-0.39, 0.29) is 11.8 Å². The molecule has 1 N–H and O–H groups in total. The summed E-state index contributed by atoms with van der Waals surface area (Å²) >= 11 is 5.88. The summed E-state index contributed by atoms with van der Waals surface area (Å²) in [4.78, 5) is 8.81. The van der Waals surface area contributed by atoms with Crippen LogP contribution in [0.2, 0.25) is 5.02 Å². The molecule has 0 saturated heterocycles. The minimum atomic E-state index is -0.240. The van der Waals surface area contributed by atoms with Crippen molar-refractivity contribution >= 4 is 17.3 Å². The Kier molecular flexibility index (Phi) is 5.05. The van der Waals surface area contributed by atoms with Crippen LogP contribution < -0.4 is 4.74 Å². The van der Waals surface area contributed by atoms with Crippen LogP contribution in [-0.4, -0.2) is 22.9 Å². The van der Waals surface area contributed by atoms with Gasteiger partial charge < -0.3 is 14.3 Å². The number of oxazole rings is 1. The van der Waals surface area contributed by atoms with Gasteiger partial charge in [0.2, 0.25) is 5.89 Å². The quantitative estimate of drug-likeness (QED) is 0.672. The van der Waals surface area contributed by atoms with Crippen molar-refractivity contribution < 1.29 is 14.3 Å². The maximum absolute atomic E-state index is 10.0. The Hall–Kier alpha value is -2.79. The van der Waals surface area contributed by atoms with Gasteiger partial charge in [-0.25, -0.2) is 4.98 Å². The van der Waals surface area contributed by atoms with E-state index in [0.29, 0.717) is 23.0 Å². The molecule has 3 aromatic rings. The van der Waals surface area contributed by atoms with E-state index in [2.05, 4.69) is 9.98 Å². The molecule has 5 nitrogen and oxygen atoms in total. The molecule has 1 aromatic heterocycles. The van der Waals surface area contributed by atoms with Gasteiger partial charge in [-0.05, 0) is 36.8 Å². The fraction of sp³-hybridized carbons (Fsp3) is 0.158. The van der Waals surface area contributed by atoms with Gasteiger partial charge in [-0.15, -0.1) is 0 Å². The van der Waals surface area contributed by atoms with E-state index in [9.17, 15) is 5.11 Å². The first-order chi connectivity index (χ1) is 12.1. The number of benzene rings is 2. The second kappa shape index (κ2) is 7.40. The number of hydrogen-bond acceptors (Lipinski definition) is 5. The van der Waals surface area contributed by atoms with Gasteiger partial charge in [0, 0.05) is 10.6 Å². The fourth-order valence-electron chi connectivity index (χ4n) is 2.27. The highest BCUT2D eigenvalue weighted by atomic mass is 35.5. The normalized spacial score (nSPS) is 11.6. The maximum atomic E-state index is 10.0. The van der Waals surface area contributed by atoms with Crippen LogP contribution in [0.15, 0.2) is 57.9 Å². The molecule has 0 amide bonds. The maximum Gasteiger partial charge on any atom is 0.311 e. The number of halogens is 1. The van der Waals surface area contributed by atoms with Crippen molar-refractivity contribution in [1.82, 2.24) is 4.98 Å². The minimum absolute atomic E-state index is 0.240. The number of hydrogen-bond donors (Lipinski definition) is 1. The Morgan fingerprint density at radius 3 is 2.48 bits per heavy atom. The lowest BCUT2D eigenvalue weighted by molar-refractivity contribution is 0.331. The second-order valence-electron chi connectivity index (χ2n) is 5.43. The molecule has 25 heavy (non-hydrogen) atoms. The molecule has 0 saturated carbocycles. The first-order valence-electron chi connectivity index (χ1n) is 7.67. The standard InChI is InChI=1S/C19H17ClN2O3/c1-12(21-11-13-3-9-16(24-2)10-4-13)18-22-17(19(23)25-18)14-5-7-15(20)8-6-14/h3-10,23H,11H2,1-2H3. The van der Waals surface area contributed by atoms with E-state index in [0.717, 1.165) is 16.9 Å². The molecule has 128 valence electrons. The molecular weight excluding hydrogens is 340 g/mol. The number of aromatic hydroxyl groups is 1. The number of aromatic nitrogens is 1. The molecule has 0 spiro atoms. The number of aliphatic imine (C=N–C) groups is 1. The summed E-state index contributed by atoms with van der Waals surface area (Å²) in [5.41, 5.74) is 2.73.